The minimum Gasteiger partial charge on any atom is -0.525 e. The molecule has 0 saturated heterocycles. The molecule has 0 atom stereocenters. The molecule has 0 aromatic heterocycles. The summed E-state index contributed by atoms with van der Waals surface area (Å²) in [6.45, 7) is 3.06. The Morgan fingerprint density at radius 3 is 1.83 bits per heavy atom. The van der Waals surface area contributed by atoms with E-state index in [0.717, 1.165) is 0 Å². The number of hydrogen-bond acceptors (Lipinski definition) is 4. The molecule has 0 N–H and O–H groups in total. The van der Waals surface area contributed by atoms with Crippen LogP contribution in [0.15, 0.2) is 11.1 Å². The average Bonchev–Trinajstić information content (AvgIpc) is 2.12. The van der Waals surface area contributed by atoms with E-state index in [1.807, 2.05) is 0 Å². The number of esters is 1. The van der Waals surface area contributed by atoms with Gasteiger partial charge in [0.1, 0.15) is 0 Å². The number of hydrogen-bond donors (Lipinski definition) is 0. The third-order valence-corrected chi connectivity index (χ3v) is 1.92. The molecular weight excluding hydrogens is 176 g/mol. The Hall–Kier alpha value is -1.10. The molecule has 0 rings (SSSR count). The van der Waals surface area contributed by atoms with Gasteiger partial charge in [-0.1, -0.05) is 0 Å². The molecule has 4 nitrogen and oxygen atoms in total. The van der Waals surface area contributed by atoms with Crippen LogP contribution in [-0.4, -0.2) is 29.5 Å². The Balaban J connectivity index is 4.68. The molecule has 0 heterocycles. The molecule has 12 heavy (non-hydrogen) atoms. The molecule has 0 aliphatic heterocycles. The Labute approximate surface area is 74.1 Å². The fourth-order valence-electron chi connectivity index (χ4n) is 0.612. The lowest BCUT2D eigenvalue weighted by atomic mass is 10.1. The van der Waals surface area contributed by atoms with E-state index in [4.69, 9.17) is 0 Å². The zero-order valence-corrected chi connectivity index (χ0v) is 9.63. The summed E-state index contributed by atoms with van der Waals surface area (Å²) in [5.41, 5.74) is 0.593. The van der Waals surface area contributed by atoms with Crippen LogP contribution in [0.25, 0.3) is 0 Å². The van der Waals surface area contributed by atoms with Gasteiger partial charge >= 0.3 is 11.9 Å². The Kier molecular flexibility index (Phi) is 4.28. The second kappa shape index (κ2) is 4.71. The Bertz CT molecular complexity index is 208. The van der Waals surface area contributed by atoms with Gasteiger partial charge < -0.3 is 9.16 Å². The quantitative estimate of drug-likeness (QED) is 0.327. The van der Waals surface area contributed by atoms with E-state index in [-0.39, 0.29) is 0 Å². The fraction of sp³-hybridized carbons (Fsp3) is 0.429. The highest BCUT2D eigenvalue weighted by atomic mass is 28.2. The van der Waals surface area contributed by atoms with Crippen LogP contribution in [-0.2, 0) is 18.8 Å². The van der Waals surface area contributed by atoms with Gasteiger partial charge in [-0.2, -0.15) is 0 Å². The van der Waals surface area contributed by atoms with Crippen molar-refractivity contribution in [1.29, 1.82) is 0 Å². The van der Waals surface area contributed by atoms with Gasteiger partial charge in [0.15, 0.2) is 0 Å². The fourth-order valence-corrected chi connectivity index (χ4v) is 0.919. The van der Waals surface area contributed by atoms with Crippen LogP contribution in [0.3, 0.4) is 0 Å². The summed E-state index contributed by atoms with van der Waals surface area (Å²) in [5.74, 6) is -0.955. The third-order valence-electron chi connectivity index (χ3n) is 1.55. The lowest BCUT2D eigenvalue weighted by molar-refractivity contribution is -0.137. The van der Waals surface area contributed by atoms with E-state index >= 15 is 0 Å². The van der Waals surface area contributed by atoms with Crippen LogP contribution >= 0.6 is 0 Å². The van der Waals surface area contributed by atoms with Crippen molar-refractivity contribution in [2.45, 2.75) is 13.8 Å². The van der Waals surface area contributed by atoms with E-state index in [1.54, 1.807) is 0 Å². The van der Waals surface area contributed by atoms with Gasteiger partial charge in [-0.3, -0.25) is 0 Å². The number of rotatable bonds is 2. The van der Waals surface area contributed by atoms with Gasteiger partial charge in [0.2, 0.25) is 10.5 Å². The second-order valence-electron chi connectivity index (χ2n) is 2.23. The topological polar surface area (TPSA) is 52.6 Å². The molecule has 0 aliphatic rings. The highest BCUT2D eigenvalue weighted by Gasteiger charge is 2.13. The van der Waals surface area contributed by atoms with E-state index in [0.29, 0.717) is 21.6 Å². The molecule has 0 fully saturated rings. The van der Waals surface area contributed by atoms with E-state index < -0.39 is 11.9 Å². The van der Waals surface area contributed by atoms with E-state index in [1.165, 1.54) is 21.0 Å². The monoisotopic (exact) mass is 188 g/mol. The molecular formula is C7H12O4Si. The van der Waals surface area contributed by atoms with Crippen LogP contribution < -0.4 is 0 Å². The van der Waals surface area contributed by atoms with Gasteiger partial charge in [-0.25, -0.2) is 9.59 Å². The van der Waals surface area contributed by atoms with Crippen LogP contribution in [0.1, 0.15) is 13.8 Å². The minimum absolute atomic E-state index is 0.290. The highest BCUT2D eigenvalue weighted by molar-refractivity contribution is 6.10. The molecule has 68 valence electrons. The first-order valence-corrected chi connectivity index (χ1v) is 4.20. The van der Waals surface area contributed by atoms with Gasteiger partial charge in [0.25, 0.3) is 0 Å². The summed E-state index contributed by atoms with van der Waals surface area (Å²) in [5, 5.41) is 0. The van der Waals surface area contributed by atoms with Crippen LogP contribution in [0.2, 0.25) is 0 Å². The molecule has 0 radical (unpaired) electrons. The number of ether oxygens (including phenoxy) is 1. The predicted octanol–water partition coefficient (Wildman–Crippen LogP) is -0.681. The summed E-state index contributed by atoms with van der Waals surface area (Å²) < 4.78 is 9.00. The summed E-state index contributed by atoms with van der Waals surface area (Å²) >= 11 is 0. The molecule has 0 aliphatic carbocycles. The summed E-state index contributed by atoms with van der Waals surface area (Å²) in [6, 6.07) is 0. The molecule has 0 aromatic carbocycles. The third kappa shape index (κ3) is 2.50. The molecule has 0 unspecified atom stereocenters. The van der Waals surface area contributed by atoms with Crippen molar-refractivity contribution < 1.29 is 18.8 Å². The zero-order chi connectivity index (χ0) is 9.72. The Morgan fingerprint density at radius 1 is 1.08 bits per heavy atom. The summed E-state index contributed by atoms with van der Waals surface area (Å²) in [7, 11) is 1.60. The van der Waals surface area contributed by atoms with Crippen LogP contribution in [0.5, 0.6) is 0 Å². The maximum atomic E-state index is 10.9. The number of carbonyl (C=O) groups is 2. The second-order valence-corrected chi connectivity index (χ2v) is 2.64. The van der Waals surface area contributed by atoms with Gasteiger partial charge in [-0.15, -0.1) is 0 Å². The SMILES string of the molecule is COC(=O)/C(C)=C(/C)C(=O)O[SiH3]. The highest BCUT2D eigenvalue weighted by Crippen LogP contribution is 2.06. The Morgan fingerprint density at radius 2 is 1.50 bits per heavy atom. The lowest BCUT2D eigenvalue weighted by Gasteiger charge is -2.03. The molecule has 0 saturated carbocycles. The van der Waals surface area contributed by atoms with E-state index in [9.17, 15) is 9.59 Å². The van der Waals surface area contributed by atoms with Crippen molar-refractivity contribution >= 4 is 22.4 Å². The van der Waals surface area contributed by atoms with Gasteiger partial charge in [-0.05, 0) is 13.8 Å². The summed E-state index contributed by atoms with van der Waals surface area (Å²) in [4.78, 5) is 21.8. The van der Waals surface area contributed by atoms with Gasteiger partial charge in [0.05, 0.1) is 7.11 Å². The molecule has 0 bridgehead atoms. The van der Waals surface area contributed by atoms with E-state index in [2.05, 4.69) is 9.16 Å². The summed E-state index contributed by atoms with van der Waals surface area (Å²) in [6.07, 6.45) is 0. The predicted molar refractivity (Wildman–Crippen MR) is 46.4 cm³/mol. The van der Waals surface area contributed by atoms with Crippen molar-refractivity contribution in [2.75, 3.05) is 7.11 Å². The first kappa shape index (κ1) is 10.9. The van der Waals surface area contributed by atoms with Crippen molar-refractivity contribution in [3.8, 4) is 0 Å². The molecule has 0 aromatic rings. The molecule has 5 heteroatoms. The molecule has 0 spiro atoms. The first-order valence-electron chi connectivity index (χ1n) is 3.38. The lowest BCUT2D eigenvalue weighted by Crippen LogP contribution is -2.11. The van der Waals surface area contributed by atoms with Crippen molar-refractivity contribution in [3.05, 3.63) is 11.1 Å². The maximum Gasteiger partial charge on any atom is 0.333 e. The normalized spacial score (nSPS) is 11.9. The number of methoxy groups -OCH3 is 1. The van der Waals surface area contributed by atoms with Crippen molar-refractivity contribution in [1.82, 2.24) is 0 Å². The zero-order valence-electron chi connectivity index (χ0n) is 7.63. The average molecular weight is 188 g/mol. The maximum absolute atomic E-state index is 10.9. The van der Waals surface area contributed by atoms with Crippen molar-refractivity contribution in [2.24, 2.45) is 0 Å². The smallest absolute Gasteiger partial charge is 0.333 e. The largest absolute Gasteiger partial charge is 0.525 e. The standard InChI is InChI=1S/C7H12O4Si/c1-4(6(8)10-3)5(2)7(9)11-12/h1-3,12H3/b5-4-. The van der Waals surface area contributed by atoms with Crippen LogP contribution in [0, 0.1) is 0 Å². The first-order chi connectivity index (χ1) is 5.54. The minimum atomic E-state index is -0.500. The molecule has 0 amide bonds. The van der Waals surface area contributed by atoms with Crippen molar-refractivity contribution in [3.63, 3.8) is 0 Å². The van der Waals surface area contributed by atoms with Gasteiger partial charge in [0, 0.05) is 11.1 Å². The van der Waals surface area contributed by atoms with Crippen LogP contribution in [0.4, 0.5) is 0 Å². The number of carbonyl (C=O) groups excluding carboxylic acids is 2.